The first kappa shape index (κ1) is 30.1. The third-order valence-corrected chi connectivity index (χ3v) is 7.60. The Morgan fingerprint density at radius 3 is 2.18 bits per heavy atom. The summed E-state index contributed by atoms with van der Waals surface area (Å²) in [6.45, 7) is 2.37. The SMILES string of the molecule is CCNC(=O)C(Cc1ccccc1)N(Cc1ccc(F)cc1)C(=O)CCCN(c1ccc(Cl)cc1)S(C)(=O)=O. The van der Waals surface area contributed by atoms with Gasteiger partial charge in [0.25, 0.3) is 0 Å². The minimum atomic E-state index is -3.61. The van der Waals surface area contributed by atoms with Crippen LogP contribution >= 0.6 is 11.6 Å². The van der Waals surface area contributed by atoms with Gasteiger partial charge in [0.05, 0.1) is 11.9 Å². The lowest BCUT2D eigenvalue weighted by molar-refractivity contribution is -0.141. The number of amides is 2. The van der Waals surface area contributed by atoms with Crippen LogP contribution in [0.5, 0.6) is 0 Å². The second-order valence-corrected chi connectivity index (χ2v) is 11.5. The molecule has 1 N–H and O–H groups in total. The second-order valence-electron chi connectivity index (χ2n) is 9.16. The molecule has 0 saturated carbocycles. The number of nitrogens with one attached hydrogen (secondary N) is 1. The minimum absolute atomic E-state index is 0.00546. The Kier molecular flexibility index (Phi) is 10.9. The summed E-state index contributed by atoms with van der Waals surface area (Å²) in [5.74, 6) is -1.00. The van der Waals surface area contributed by atoms with Crippen LogP contribution in [0.15, 0.2) is 78.9 Å². The molecule has 1 atom stereocenters. The summed E-state index contributed by atoms with van der Waals surface area (Å²) in [7, 11) is -3.61. The molecule has 3 aromatic carbocycles. The average molecular weight is 574 g/mol. The third kappa shape index (κ3) is 9.07. The molecular formula is C29H33ClFN3O4S. The molecular weight excluding hydrogens is 541 g/mol. The van der Waals surface area contributed by atoms with E-state index in [2.05, 4.69) is 5.32 Å². The van der Waals surface area contributed by atoms with E-state index in [-0.39, 0.29) is 37.7 Å². The maximum Gasteiger partial charge on any atom is 0.243 e. The predicted octanol–water partition coefficient (Wildman–Crippen LogP) is 4.80. The van der Waals surface area contributed by atoms with E-state index in [4.69, 9.17) is 11.6 Å². The van der Waals surface area contributed by atoms with Crippen LogP contribution in [-0.2, 0) is 32.6 Å². The molecule has 7 nitrogen and oxygen atoms in total. The quantitative estimate of drug-likeness (QED) is 0.318. The fourth-order valence-corrected chi connectivity index (χ4v) is 5.34. The van der Waals surface area contributed by atoms with Gasteiger partial charge in [-0.3, -0.25) is 13.9 Å². The molecule has 3 rings (SSSR count). The fraction of sp³-hybridized carbons (Fsp3) is 0.310. The number of carbonyl (C=O) groups is 2. The molecule has 2 amide bonds. The Bertz CT molecular complexity index is 1340. The van der Waals surface area contributed by atoms with E-state index < -0.39 is 21.9 Å². The molecule has 3 aromatic rings. The molecule has 10 heteroatoms. The van der Waals surface area contributed by atoms with Crippen LogP contribution in [0.2, 0.25) is 5.02 Å². The summed E-state index contributed by atoms with van der Waals surface area (Å²) in [6.07, 6.45) is 1.63. The van der Waals surface area contributed by atoms with Crippen molar-refractivity contribution in [3.05, 3.63) is 101 Å². The summed E-state index contributed by atoms with van der Waals surface area (Å²) in [5, 5.41) is 3.31. The first-order valence-electron chi connectivity index (χ1n) is 12.7. The lowest BCUT2D eigenvalue weighted by Gasteiger charge is -2.32. The molecule has 0 aliphatic heterocycles. The lowest BCUT2D eigenvalue weighted by Crippen LogP contribution is -2.50. The zero-order chi connectivity index (χ0) is 28.4. The van der Waals surface area contributed by atoms with Gasteiger partial charge in [0.15, 0.2) is 0 Å². The molecule has 0 saturated heterocycles. The normalized spacial score (nSPS) is 12.0. The Labute approximate surface area is 234 Å². The van der Waals surface area contributed by atoms with Crippen molar-refractivity contribution in [1.82, 2.24) is 10.2 Å². The molecule has 39 heavy (non-hydrogen) atoms. The van der Waals surface area contributed by atoms with Crippen molar-refractivity contribution in [2.75, 3.05) is 23.7 Å². The molecule has 0 bridgehead atoms. The summed E-state index contributed by atoms with van der Waals surface area (Å²) in [6, 6.07) is 20.8. The molecule has 0 radical (unpaired) electrons. The van der Waals surface area contributed by atoms with Gasteiger partial charge in [-0.15, -0.1) is 0 Å². The first-order chi connectivity index (χ1) is 18.6. The van der Waals surface area contributed by atoms with Gasteiger partial charge in [-0.2, -0.15) is 0 Å². The Morgan fingerprint density at radius 1 is 0.949 bits per heavy atom. The van der Waals surface area contributed by atoms with E-state index in [1.807, 2.05) is 30.3 Å². The largest absolute Gasteiger partial charge is 0.355 e. The highest BCUT2D eigenvalue weighted by molar-refractivity contribution is 7.92. The number of rotatable bonds is 13. The molecule has 0 aromatic heterocycles. The van der Waals surface area contributed by atoms with Crippen molar-refractivity contribution < 1.29 is 22.4 Å². The molecule has 1 unspecified atom stereocenters. The fourth-order valence-electron chi connectivity index (χ4n) is 4.24. The molecule has 0 spiro atoms. The molecule has 0 aliphatic carbocycles. The number of benzene rings is 3. The van der Waals surface area contributed by atoms with Gasteiger partial charge >= 0.3 is 0 Å². The first-order valence-corrected chi connectivity index (χ1v) is 14.9. The highest BCUT2D eigenvalue weighted by atomic mass is 35.5. The zero-order valence-electron chi connectivity index (χ0n) is 22.0. The van der Waals surface area contributed by atoms with Gasteiger partial charge in [0.1, 0.15) is 11.9 Å². The van der Waals surface area contributed by atoms with Crippen LogP contribution in [-0.4, -0.2) is 50.5 Å². The van der Waals surface area contributed by atoms with Gasteiger partial charge in [-0.1, -0.05) is 54.1 Å². The number of nitrogens with zero attached hydrogens (tertiary/aromatic N) is 2. The number of hydrogen-bond acceptors (Lipinski definition) is 4. The topological polar surface area (TPSA) is 86.8 Å². The molecule has 0 fully saturated rings. The highest BCUT2D eigenvalue weighted by Gasteiger charge is 2.30. The van der Waals surface area contributed by atoms with E-state index in [1.54, 1.807) is 43.3 Å². The van der Waals surface area contributed by atoms with Gasteiger partial charge in [-0.05, 0) is 60.9 Å². The van der Waals surface area contributed by atoms with Crippen LogP contribution in [0.3, 0.4) is 0 Å². The number of likely N-dealkylation sites (N-methyl/N-ethyl adjacent to an activating group) is 1. The Balaban J connectivity index is 1.85. The van der Waals surface area contributed by atoms with E-state index in [0.717, 1.165) is 11.8 Å². The van der Waals surface area contributed by atoms with Crippen molar-refractivity contribution in [3.63, 3.8) is 0 Å². The van der Waals surface area contributed by atoms with Crippen molar-refractivity contribution in [1.29, 1.82) is 0 Å². The molecule has 0 heterocycles. The summed E-state index contributed by atoms with van der Waals surface area (Å²) < 4.78 is 39.7. The standard InChI is InChI=1S/C29H33ClFN3O4S/c1-3-32-29(36)27(20-22-8-5-4-6-9-22)33(21-23-11-15-25(31)16-12-23)28(35)10-7-19-34(39(2,37)38)26-17-13-24(30)14-18-26/h4-6,8-9,11-18,27H,3,7,10,19-21H2,1-2H3,(H,32,36). The van der Waals surface area contributed by atoms with Crippen LogP contribution < -0.4 is 9.62 Å². The second kappa shape index (κ2) is 14.1. The monoisotopic (exact) mass is 573 g/mol. The summed E-state index contributed by atoms with van der Waals surface area (Å²) in [4.78, 5) is 28.4. The predicted molar refractivity (Wildman–Crippen MR) is 152 cm³/mol. The average Bonchev–Trinajstić information content (AvgIpc) is 2.90. The van der Waals surface area contributed by atoms with Crippen LogP contribution in [0.1, 0.15) is 30.9 Å². The van der Waals surface area contributed by atoms with E-state index >= 15 is 0 Å². The number of halogens is 2. The minimum Gasteiger partial charge on any atom is -0.355 e. The lowest BCUT2D eigenvalue weighted by atomic mass is 10.0. The van der Waals surface area contributed by atoms with Gasteiger partial charge in [0.2, 0.25) is 21.8 Å². The van der Waals surface area contributed by atoms with Gasteiger partial charge < -0.3 is 10.2 Å². The number of sulfonamides is 1. The smallest absolute Gasteiger partial charge is 0.243 e. The molecule has 208 valence electrons. The zero-order valence-corrected chi connectivity index (χ0v) is 23.6. The van der Waals surface area contributed by atoms with Crippen molar-refractivity contribution >= 4 is 39.1 Å². The van der Waals surface area contributed by atoms with Crippen LogP contribution in [0.4, 0.5) is 10.1 Å². The molecule has 0 aliphatic rings. The van der Waals surface area contributed by atoms with Gasteiger partial charge in [-0.25, -0.2) is 12.8 Å². The van der Waals surface area contributed by atoms with Crippen molar-refractivity contribution in [2.45, 2.75) is 38.8 Å². The third-order valence-electron chi connectivity index (χ3n) is 6.16. The van der Waals surface area contributed by atoms with E-state index in [1.165, 1.54) is 21.3 Å². The Hall–Kier alpha value is -3.43. The number of hydrogen-bond donors (Lipinski definition) is 1. The Morgan fingerprint density at radius 2 is 1.59 bits per heavy atom. The summed E-state index contributed by atoms with van der Waals surface area (Å²) in [5.41, 5.74) is 2.00. The maximum atomic E-state index is 13.7. The van der Waals surface area contributed by atoms with E-state index in [9.17, 15) is 22.4 Å². The highest BCUT2D eigenvalue weighted by Crippen LogP contribution is 2.22. The van der Waals surface area contributed by atoms with Crippen LogP contribution in [0.25, 0.3) is 0 Å². The summed E-state index contributed by atoms with van der Waals surface area (Å²) >= 11 is 5.95. The number of carbonyl (C=O) groups excluding carboxylic acids is 2. The number of anilines is 1. The van der Waals surface area contributed by atoms with Crippen molar-refractivity contribution in [2.24, 2.45) is 0 Å². The van der Waals surface area contributed by atoms with Crippen LogP contribution in [0, 0.1) is 5.82 Å². The van der Waals surface area contributed by atoms with E-state index in [0.29, 0.717) is 29.2 Å². The van der Waals surface area contributed by atoms with Gasteiger partial charge in [0, 0.05) is 37.5 Å². The van der Waals surface area contributed by atoms with Crippen molar-refractivity contribution in [3.8, 4) is 0 Å². The maximum absolute atomic E-state index is 13.7.